The second-order valence-corrected chi connectivity index (χ2v) is 6.39. The van der Waals surface area contributed by atoms with E-state index in [9.17, 15) is 4.79 Å². The van der Waals surface area contributed by atoms with E-state index in [0.29, 0.717) is 34.0 Å². The highest BCUT2D eigenvalue weighted by atomic mass is 35.5. The fraction of sp³-hybridized carbons (Fsp3) is 0.471. The molecule has 0 aromatic heterocycles. The van der Waals surface area contributed by atoms with Gasteiger partial charge in [0.2, 0.25) is 0 Å². The molecular weight excluding hydrogens is 316 g/mol. The first-order valence-electron chi connectivity index (χ1n) is 7.74. The standard InChI is InChI=1S/C17H21ClN2O3/c1-22-15-7-13(18)14(8-16(15)23-2)19-17(21)20-9-11-5-3-4-6-12(11)10-20/h3-4,7-8,11-12H,5-6,9-10H2,1-2H3,(H,19,21)/t11-,12+. The Balaban J connectivity index is 1.71. The number of fused-ring (bicyclic) bond motifs is 1. The molecule has 1 N–H and O–H groups in total. The summed E-state index contributed by atoms with van der Waals surface area (Å²) in [7, 11) is 3.10. The van der Waals surface area contributed by atoms with Crippen LogP contribution in [0.2, 0.25) is 5.02 Å². The number of halogens is 1. The van der Waals surface area contributed by atoms with Gasteiger partial charge in [0.25, 0.3) is 0 Å². The van der Waals surface area contributed by atoms with Crippen LogP contribution in [0.4, 0.5) is 10.5 Å². The zero-order valence-corrected chi connectivity index (χ0v) is 14.1. The lowest BCUT2D eigenvalue weighted by Crippen LogP contribution is -2.33. The van der Waals surface area contributed by atoms with E-state index in [4.69, 9.17) is 21.1 Å². The molecule has 0 saturated carbocycles. The first-order chi connectivity index (χ1) is 11.1. The quantitative estimate of drug-likeness (QED) is 0.854. The van der Waals surface area contributed by atoms with Crippen molar-refractivity contribution >= 4 is 23.3 Å². The van der Waals surface area contributed by atoms with Gasteiger partial charge in [-0.05, 0) is 24.7 Å². The Hall–Kier alpha value is -1.88. The van der Waals surface area contributed by atoms with Gasteiger partial charge in [-0.15, -0.1) is 0 Å². The molecule has 2 aliphatic rings. The SMILES string of the molecule is COc1cc(Cl)c(NC(=O)N2C[C@H]3CC=CC[C@H]3C2)cc1OC. The van der Waals surface area contributed by atoms with Crippen LogP contribution in [0.25, 0.3) is 0 Å². The molecule has 0 unspecified atom stereocenters. The van der Waals surface area contributed by atoms with E-state index in [-0.39, 0.29) is 6.03 Å². The van der Waals surface area contributed by atoms with Crippen molar-refractivity contribution in [3.05, 3.63) is 29.3 Å². The van der Waals surface area contributed by atoms with Crippen molar-refractivity contribution < 1.29 is 14.3 Å². The number of allylic oxidation sites excluding steroid dienone is 2. The van der Waals surface area contributed by atoms with E-state index >= 15 is 0 Å². The van der Waals surface area contributed by atoms with Crippen molar-refractivity contribution in [2.75, 3.05) is 32.6 Å². The number of benzene rings is 1. The summed E-state index contributed by atoms with van der Waals surface area (Å²) in [6.07, 6.45) is 6.55. The Morgan fingerprint density at radius 1 is 1.13 bits per heavy atom. The maximum Gasteiger partial charge on any atom is 0.321 e. The molecule has 0 radical (unpaired) electrons. The molecule has 1 fully saturated rings. The van der Waals surface area contributed by atoms with E-state index in [1.54, 1.807) is 26.4 Å². The molecule has 0 bridgehead atoms. The largest absolute Gasteiger partial charge is 0.493 e. The van der Waals surface area contributed by atoms with Crippen LogP contribution in [0.1, 0.15) is 12.8 Å². The van der Waals surface area contributed by atoms with E-state index in [1.807, 2.05) is 4.90 Å². The lowest BCUT2D eigenvalue weighted by Gasteiger charge is -2.18. The highest BCUT2D eigenvalue weighted by Crippen LogP contribution is 2.37. The van der Waals surface area contributed by atoms with Crippen molar-refractivity contribution in [2.45, 2.75) is 12.8 Å². The molecule has 23 heavy (non-hydrogen) atoms. The molecule has 1 heterocycles. The van der Waals surface area contributed by atoms with Crippen LogP contribution < -0.4 is 14.8 Å². The second-order valence-electron chi connectivity index (χ2n) is 5.99. The molecule has 1 aliphatic heterocycles. The first-order valence-corrected chi connectivity index (χ1v) is 8.12. The van der Waals surface area contributed by atoms with Crippen LogP contribution in [0, 0.1) is 11.8 Å². The van der Waals surface area contributed by atoms with Crippen LogP contribution in [-0.2, 0) is 0 Å². The average Bonchev–Trinajstić information content (AvgIpc) is 3.00. The number of anilines is 1. The maximum absolute atomic E-state index is 12.5. The molecule has 2 atom stereocenters. The predicted molar refractivity (Wildman–Crippen MR) is 90.5 cm³/mol. The molecule has 1 aliphatic carbocycles. The number of hydrogen-bond acceptors (Lipinski definition) is 3. The van der Waals surface area contributed by atoms with Crippen LogP contribution >= 0.6 is 11.6 Å². The summed E-state index contributed by atoms with van der Waals surface area (Å²) in [5, 5.41) is 3.31. The topological polar surface area (TPSA) is 50.8 Å². The Morgan fingerprint density at radius 3 is 2.26 bits per heavy atom. The third kappa shape index (κ3) is 3.24. The number of hydrogen-bond donors (Lipinski definition) is 1. The normalized spacial score (nSPS) is 22.7. The molecular formula is C17H21ClN2O3. The number of likely N-dealkylation sites (tertiary alicyclic amines) is 1. The number of amides is 2. The third-order valence-electron chi connectivity index (χ3n) is 4.62. The van der Waals surface area contributed by atoms with Crippen LogP contribution in [0.3, 0.4) is 0 Å². The van der Waals surface area contributed by atoms with Gasteiger partial charge in [0.1, 0.15) is 0 Å². The molecule has 0 spiro atoms. The average molecular weight is 337 g/mol. The van der Waals surface area contributed by atoms with Gasteiger partial charge >= 0.3 is 6.03 Å². The Bertz CT molecular complexity index is 617. The Labute approximate surface area is 141 Å². The molecule has 1 aromatic carbocycles. The van der Waals surface area contributed by atoms with Gasteiger partial charge in [0.15, 0.2) is 11.5 Å². The minimum Gasteiger partial charge on any atom is -0.493 e. The molecule has 124 valence electrons. The minimum absolute atomic E-state index is 0.117. The van der Waals surface area contributed by atoms with Crippen molar-refractivity contribution in [3.8, 4) is 11.5 Å². The molecule has 1 saturated heterocycles. The predicted octanol–water partition coefficient (Wildman–Crippen LogP) is 3.79. The minimum atomic E-state index is -0.117. The summed E-state index contributed by atoms with van der Waals surface area (Å²) in [4.78, 5) is 14.4. The second kappa shape index (κ2) is 6.71. The lowest BCUT2D eigenvalue weighted by atomic mass is 9.86. The fourth-order valence-electron chi connectivity index (χ4n) is 3.32. The molecule has 2 amide bonds. The van der Waals surface area contributed by atoms with Crippen molar-refractivity contribution in [1.82, 2.24) is 4.90 Å². The highest BCUT2D eigenvalue weighted by molar-refractivity contribution is 6.34. The summed E-state index contributed by atoms with van der Waals surface area (Å²) < 4.78 is 10.5. The first kappa shape index (κ1) is 16.0. The van der Waals surface area contributed by atoms with Crippen LogP contribution in [-0.4, -0.2) is 38.2 Å². The number of methoxy groups -OCH3 is 2. The highest BCUT2D eigenvalue weighted by Gasteiger charge is 2.35. The van der Waals surface area contributed by atoms with Crippen molar-refractivity contribution in [1.29, 1.82) is 0 Å². The smallest absolute Gasteiger partial charge is 0.321 e. The van der Waals surface area contributed by atoms with E-state index in [2.05, 4.69) is 17.5 Å². The maximum atomic E-state index is 12.5. The molecule has 6 heteroatoms. The number of nitrogens with zero attached hydrogens (tertiary/aromatic N) is 1. The number of nitrogens with one attached hydrogen (secondary N) is 1. The summed E-state index contributed by atoms with van der Waals surface area (Å²) in [5.74, 6) is 2.22. The Morgan fingerprint density at radius 2 is 1.70 bits per heavy atom. The van der Waals surface area contributed by atoms with Gasteiger partial charge in [-0.2, -0.15) is 0 Å². The van der Waals surface area contributed by atoms with E-state index < -0.39 is 0 Å². The van der Waals surface area contributed by atoms with Crippen LogP contribution in [0.15, 0.2) is 24.3 Å². The zero-order valence-electron chi connectivity index (χ0n) is 13.3. The van der Waals surface area contributed by atoms with Gasteiger partial charge in [0.05, 0.1) is 24.9 Å². The van der Waals surface area contributed by atoms with Gasteiger partial charge < -0.3 is 19.7 Å². The molecule has 5 nitrogen and oxygen atoms in total. The molecule has 1 aromatic rings. The number of rotatable bonds is 3. The van der Waals surface area contributed by atoms with E-state index in [0.717, 1.165) is 25.9 Å². The van der Waals surface area contributed by atoms with Crippen molar-refractivity contribution in [3.63, 3.8) is 0 Å². The fourth-order valence-corrected chi connectivity index (χ4v) is 3.53. The number of urea groups is 1. The third-order valence-corrected chi connectivity index (χ3v) is 4.94. The summed E-state index contributed by atoms with van der Waals surface area (Å²) >= 11 is 6.23. The summed E-state index contributed by atoms with van der Waals surface area (Å²) in [6, 6.07) is 3.21. The monoisotopic (exact) mass is 336 g/mol. The van der Waals surface area contributed by atoms with Gasteiger partial charge in [0, 0.05) is 25.2 Å². The number of ether oxygens (including phenoxy) is 2. The number of carbonyl (C=O) groups excluding carboxylic acids is 1. The summed E-state index contributed by atoms with van der Waals surface area (Å²) in [6.45, 7) is 1.59. The number of carbonyl (C=O) groups is 1. The Kier molecular flexibility index (Phi) is 4.66. The van der Waals surface area contributed by atoms with E-state index in [1.165, 1.54) is 0 Å². The van der Waals surface area contributed by atoms with Crippen molar-refractivity contribution in [2.24, 2.45) is 11.8 Å². The lowest BCUT2D eigenvalue weighted by molar-refractivity contribution is 0.220. The van der Waals surface area contributed by atoms with Gasteiger partial charge in [-0.3, -0.25) is 0 Å². The zero-order chi connectivity index (χ0) is 16.4. The van der Waals surface area contributed by atoms with Crippen LogP contribution in [0.5, 0.6) is 11.5 Å². The molecule has 3 rings (SSSR count). The summed E-state index contributed by atoms with van der Waals surface area (Å²) in [5.41, 5.74) is 0.530. The van der Waals surface area contributed by atoms with Gasteiger partial charge in [-0.1, -0.05) is 23.8 Å². The van der Waals surface area contributed by atoms with Gasteiger partial charge in [-0.25, -0.2) is 4.79 Å².